The van der Waals surface area contributed by atoms with Crippen LogP contribution >= 0.6 is 0 Å². The summed E-state index contributed by atoms with van der Waals surface area (Å²) in [5, 5.41) is 0. The lowest BCUT2D eigenvalue weighted by molar-refractivity contribution is -0.0915. The van der Waals surface area contributed by atoms with Crippen LogP contribution in [0.25, 0.3) is 0 Å². The predicted octanol–water partition coefficient (Wildman–Crippen LogP) is 2.65. The molecule has 1 fully saturated rings. The fourth-order valence-electron chi connectivity index (χ4n) is 2.48. The molecule has 3 nitrogen and oxygen atoms in total. The summed E-state index contributed by atoms with van der Waals surface area (Å²) in [7, 11) is 1.75. The van der Waals surface area contributed by atoms with Crippen molar-refractivity contribution in [3.8, 4) is 5.75 Å². The van der Waals surface area contributed by atoms with E-state index in [1.807, 2.05) is 31.2 Å². The molecule has 1 aliphatic carbocycles. The SMILES string of the molecule is CCOc1ccccc1C(N)C1(OC)CCC1. The molecule has 0 saturated heterocycles. The first-order valence-electron chi connectivity index (χ1n) is 6.26. The van der Waals surface area contributed by atoms with E-state index < -0.39 is 0 Å². The van der Waals surface area contributed by atoms with E-state index in [2.05, 4.69) is 0 Å². The maximum Gasteiger partial charge on any atom is 0.124 e. The molecule has 0 amide bonds. The summed E-state index contributed by atoms with van der Waals surface area (Å²) in [5.41, 5.74) is 7.24. The first-order valence-corrected chi connectivity index (χ1v) is 6.26. The predicted molar refractivity (Wildman–Crippen MR) is 68.1 cm³/mol. The van der Waals surface area contributed by atoms with Gasteiger partial charge in [0, 0.05) is 12.7 Å². The number of hydrogen-bond donors (Lipinski definition) is 1. The molecule has 0 heterocycles. The van der Waals surface area contributed by atoms with Crippen LogP contribution in [0, 0.1) is 0 Å². The highest BCUT2D eigenvalue weighted by Crippen LogP contribution is 2.45. The number of hydrogen-bond acceptors (Lipinski definition) is 3. The van der Waals surface area contributed by atoms with Crippen LogP contribution in [0.4, 0.5) is 0 Å². The second kappa shape index (κ2) is 5.07. The van der Waals surface area contributed by atoms with Crippen LogP contribution in [0.3, 0.4) is 0 Å². The van der Waals surface area contributed by atoms with Crippen LogP contribution in [0.5, 0.6) is 5.75 Å². The minimum atomic E-state index is -0.187. The summed E-state index contributed by atoms with van der Waals surface area (Å²) in [6.07, 6.45) is 3.26. The topological polar surface area (TPSA) is 44.5 Å². The molecule has 0 radical (unpaired) electrons. The van der Waals surface area contributed by atoms with E-state index in [0.717, 1.165) is 24.2 Å². The van der Waals surface area contributed by atoms with E-state index >= 15 is 0 Å². The highest BCUT2D eigenvalue weighted by molar-refractivity contribution is 5.38. The highest BCUT2D eigenvalue weighted by Gasteiger charge is 2.44. The Balaban J connectivity index is 2.26. The molecule has 1 unspecified atom stereocenters. The summed E-state index contributed by atoms with van der Waals surface area (Å²) in [5.74, 6) is 0.880. The lowest BCUT2D eigenvalue weighted by Crippen LogP contribution is -2.48. The van der Waals surface area contributed by atoms with Gasteiger partial charge in [0.2, 0.25) is 0 Å². The van der Waals surface area contributed by atoms with E-state index in [-0.39, 0.29) is 11.6 Å². The zero-order chi connectivity index (χ0) is 12.3. The van der Waals surface area contributed by atoms with Crippen LogP contribution in [0.1, 0.15) is 37.8 Å². The van der Waals surface area contributed by atoms with E-state index in [9.17, 15) is 0 Å². The van der Waals surface area contributed by atoms with Gasteiger partial charge in [-0.2, -0.15) is 0 Å². The molecule has 1 aromatic rings. The van der Waals surface area contributed by atoms with Crippen molar-refractivity contribution < 1.29 is 9.47 Å². The quantitative estimate of drug-likeness (QED) is 0.853. The number of nitrogens with two attached hydrogens (primary N) is 1. The molecule has 3 heteroatoms. The molecule has 1 aromatic carbocycles. The monoisotopic (exact) mass is 235 g/mol. The van der Waals surface area contributed by atoms with Gasteiger partial charge in [-0.1, -0.05) is 18.2 Å². The van der Waals surface area contributed by atoms with Crippen molar-refractivity contribution in [3.63, 3.8) is 0 Å². The van der Waals surface area contributed by atoms with Crippen LogP contribution in [0.2, 0.25) is 0 Å². The van der Waals surface area contributed by atoms with Crippen molar-refractivity contribution in [3.05, 3.63) is 29.8 Å². The van der Waals surface area contributed by atoms with Gasteiger partial charge in [-0.15, -0.1) is 0 Å². The molecule has 1 saturated carbocycles. The number of ether oxygens (including phenoxy) is 2. The average Bonchev–Trinajstić information content (AvgIpc) is 2.29. The van der Waals surface area contributed by atoms with E-state index in [0.29, 0.717) is 6.61 Å². The van der Waals surface area contributed by atoms with Gasteiger partial charge in [-0.25, -0.2) is 0 Å². The molecule has 2 N–H and O–H groups in total. The van der Waals surface area contributed by atoms with Crippen molar-refractivity contribution >= 4 is 0 Å². The second-order valence-corrected chi connectivity index (χ2v) is 4.57. The standard InChI is InChI=1S/C14H21NO2/c1-3-17-12-8-5-4-7-11(12)13(15)14(16-2)9-6-10-14/h4-5,7-8,13H,3,6,9-10,15H2,1-2H3. The van der Waals surface area contributed by atoms with Gasteiger partial charge in [0.25, 0.3) is 0 Å². The molecular formula is C14H21NO2. The minimum absolute atomic E-state index is 0.107. The van der Waals surface area contributed by atoms with Crippen molar-refractivity contribution in [2.45, 2.75) is 37.8 Å². The van der Waals surface area contributed by atoms with Crippen molar-refractivity contribution in [1.29, 1.82) is 0 Å². The molecule has 0 aromatic heterocycles. The minimum Gasteiger partial charge on any atom is -0.494 e. The van der Waals surface area contributed by atoms with Gasteiger partial charge in [0.1, 0.15) is 5.75 Å². The van der Waals surface area contributed by atoms with Crippen LogP contribution in [-0.4, -0.2) is 19.3 Å². The number of para-hydroxylation sites is 1. The third-order valence-electron chi connectivity index (χ3n) is 3.73. The molecule has 1 aliphatic rings. The summed E-state index contributed by atoms with van der Waals surface area (Å²) in [6, 6.07) is 7.88. The van der Waals surface area contributed by atoms with Crippen LogP contribution in [0.15, 0.2) is 24.3 Å². The summed E-state index contributed by atoms with van der Waals surface area (Å²) < 4.78 is 11.3. The first kappa shape index (κ1) is 12.4. The smallest absolute Gasteiger partial charge is 0.124 e. The molecular weight excluding hydrogens is 214 g/mol. The number of methoxy groups -OCH3 is 1. The molecule has 0 aliphatic heterocycles. The third kappa shape index (κ3) is 2.17. The molecule has 17 heavy (non-hydrogen) atoms. The molecule has 94 valence electrons. The van der Waals surface area contributed by atoms with Crippen molar-refractivity contribution in [1.82, 2.24) is 0 Å². The molecule has 1 atom stereocenters. The van der Waals surface area contributed by atoms with E-state index in [1.54, 1.807) is 7.11 Å². The van der Waals surface area contributed by atoms with Gasteiger partial charge in [0.15, 0.2) is 0 Å². The Kier molecular flexibility index (Phi) is 3.69. The Morgan fingerprint density at radius 1 is 1.35 bits per heavy atom. The summed E-state index contributed by atoms with van der Waals surface area (Å²) in [6.45, 7) is 2.64. The first-order chi connectivity index (χ1) is 8.23. The van der Waals surface area contributed by atoms with Crippen molar-refractivity contribution in [2.24, 2.45) is 5.73 Å². The van der Waals surface area contributed by atoms with Gasteiger partial charge in [0.05, 0.1) is 18.2 Å². The Bertz CT molecular complexity index is 369. The third-order valence-corrected chi connectivity index (χ3v) is 3.73. The normalized spacial score (nSPS) is 19.5. The van der Waals surface area contributed by atoms with Gasteiger partial charge >= 0.3 is 0 Å². The lowest BCUT2D eigenvalue weighted by atomic mass is 9.72. The zero-order valence-corrected chi connectivity index (χ0v) is 10.6. The number of benzene rings is 1. The highest BCUT2D eigenvalue weighted by atomic mass is 16.5. The van der Waals surface area contributed by atoms with Crippen molar-refractivity contribution in [2.75, 3.05) is 13.7 Å². The molecule has 2 rings (SSSR count). The van der Waals surface area contributed by atoms with E-state index in [4.69, 9.17) is 15.2 Å². The van der Waals surface area contributed by atoms with E-state index in [1.165, 1.54) is 6.42 Å². The zero-order valence-electron chi connectivity index (χ0n) is 10.6. The van der Waals surface area contributed by atoms with Gasteiger partial charge < -0.3 is 15.2 Å². The number of rotatable bonds is 5. The largest absolute Gasteiger partial charge is 0.494 e. The Morgan fingerprint density at radius 3 is 2.59 bits per heavy atom. The van der Waals surface area contributed by atoms with Gasteiger partial charge in [-0.05, 0) is 32.3 Å². The maximum absolute atomic E-state index is 6.37. The Morgan fingerprint density at radius 2 is 2.06 bits per heavy atom. The summed E-state index contributed by atoms with van der Waals surface area (Å²) >= 11 is 0. The van der Waals surface area contributed by atoms with Crippen LogP contribution < -0.4 is 10.5 Å². The second-order valence-electron chi connectivity index (χ2n) is 4.57. The summed E-state index contributed by atoms with van der Waals surface area (Å²) in [4.78, 5) is 0. The molecule has 0 spiro atoms. The van der Waals surface area contributed by atoms with Gasteiger partial charge in [-0.3, -0.25) is 0 Å². The average molecular weight is 235 g/mol. The maximum atomic E-state index is 6.37. The Labute approximate surface area is 103 Å². The Hall–Kier alpha value is -1.06. The fourth-order valence-corrected chi connectivity index (χ4v) is 2.48. The molecule has 0 bridgehead atoms. The van der Waals surface area contributed by atoms with Crippen LogP contribution in [-0.2, 0) is 4.74 Å². The fraction of sp³-hybridized carbons (Fsp3) is 0.571. The lowest BCUT2D eigenvalue weighted by Gasteiger charge is -2.45.